The van der Waals surface area contributed by atoms with Crippen molar-refractivity contribution in [2.24, 2.45) is 0 Å². The lowest BCUT2D eigenvalue weighted by Crippen LogP contribution is -2.65. The van der Waals surface area contributed by atoms with Gasteiger partial charge < -0.3 is 10.1 Å². The van der Waals surface area contributed by atoms with Crippen LogP contribution in [0.1, 0.15) is 36.1 Å². The summed E-state index contributed by atoms with van der Waals surface area (Å²) in [6.07, 6.45) is 0.725. The molecule has 2 bridgehead atoms. The van der Waals surface area contributed by atoms with Crippen molar-refractivity contribution in [3.05, 3.63) is 59.2 Å². The van der Waals surface area contributed by atoms with E-state index in [-0.39, 0.29) is 12.1 Å². The summed E-state index contributed by atoms with van der Waals surface area (Å²) in [5, 5.41) is 3.12. The first-order valence-electron chi connectivity index (χ1n) is 7.93. The number of aryl methyl sites for hydroxylation is 2. The summed E-state index contributed by atoms with van der Waals surface area (Å²) in [6.45, 7) is 6.08. The van der Waals surface area contributed by atoms with E-state index in [1.807, 2.05) is 57.2 Å². The first-order chi connectivity index (χ1) is 11.0. The van der Waals surface area contributed by atoms with E-state index in [9.17, 15) is 4.79 Å². The van der Waals surface area contributed by atoms with Crippen LogP contribution < -0.4 is 15.0 Å². The van der Waals surface area contributed by atoms with Crippen LogP contribution in [0.25, 0.3) is 0 Å². The molecule has 2 atom stereocenters. The number of rotatable bonds is 1. The molecule has 0 unspecified atom stereocenters. The molecule has 1 saturated heterocycles. The molecule has 4 nitrogen and oxygen atoms in total. The molecule has 0 aromatic heterocycles. The summed E-state index contributed by atoms with van der Waals surface area (Å²) in [4.78, 5) is 14.5. The first kappa shape index (κ1) is 14.1. The maximum absolute atomic E-state index is 12.8. The fourth-order valence-electron chi connectivity index (χ4n) is 3.79. The molecule has 2 aliphatic rings. The van der Waals surface area contributed by atoms with E-state index >= 15 is 0 Å². The zero-order chi connectivity index (χ0) is 16.2. The van der Waals surface area contributed by atoms with E-state index in [0.29, 0.717) is 0 Å². The molecule has 2 aliphatic heterocycles. The zero-order valence-electron chi connectivity index (χ0n) is 13.6. The van der Waals surface area contributed by atoms with Crippen LogP contribution in [-0.4, -0.2) is 11.8 Å². The Balaban J connectivity index is 1.82. The van der Waals surface area contributed by atoms with Gasteiger partial charge in [-0.1, -0.05) is 24.3 Å². The largest absolute Gasteiger partial charge is 0.467 e. The smallest absolute Gasteiger partial charge is 0.325 e. The van der Waals surface area contributed by atoms with Gasteiger partial charge in [0.1, 0.15) is 5.75 Å². The Hall–Kier alpha value is -2.49. The molecule has 2 aromatic carbocycles. The van der Waals surface area contributed by atoms with Gasteiger partial charge in [0.25, 0.3) is 0 Å². The van der Waals surface area contributed by atoms with Crippen LogP contribution >= 0.6 is 0 Å². The predicted octanol–water partition coefficient (Wildman–Crippen LogP) is 4.07. The van der Waals surface area contributed by atoms with E-state index in [1.165, 1.54) is 0 Å². The minimum absolute atomic E-state index is 0.000365. The van der Waals surface area contributed by atoms with Gasteiger partial charge in [0, 0.05) is 17.7 Å². The Bertz CT molecular complexity index is 781. The fourth-order valence-corrected chi connectivity index (χ4v) is 3.79. The molecule has 1 N–H and O–H groups in total. The van der Waals surface area contributed by atoms with E-state index in [1.54, 1.807) is 4.90 Å². The van der Waals surface area contributed by atoms with Crippen LogP contribution in [0.3, 0.4) is 0 Å². The summed E-state index contributed by atoms with van der Waals surface area (Å²) in [7, 11) is 0. The second-order valence-corrected chi connectivity index (χ2v) is 6.70. The van der Waals surface area contributed by atoms with Crippen molar-refractivity contribution in [2.45, 2.75) is 39.0 Å². The van der Waals surface area contributed by atoms with Crippen molar-refractivity contribution in [2.75, 3.05) is 4.90 Å². The van der Waals surface area contributed by atoms with Gasteiger partial charge in [0.05, 0.1) is 6.04 Å². The van der Waals surface area contributed by atoms with Gasteiger partial charge >= 0.3 is 6.03 Å². The highest BCUT2D eigenvalue weighted by molar-refractivity contribution is 5.95. The van der Waals surface area contributed by atoms with Crippen LogP contribution in [0.15, 0.2) is 42.5 Å². The van der Waals surface area contributed by atoms with Crippen molar-refractivity contribution in [3.8, 4) is 5.75 Å². The Kier molecular flexibility index (Phi) is 2.92. The number of hydrogen-bond donors (Lipinski definition) is 1. The van der Waals surface area contributed by atoms with Gasteiger partial charge in [-0.25, -0.2) is 4.79 Å². The van der Waals surface area contributed by atoms with Crippen molar-refractivity contribution < 1.29 is 9.53 Å². The van der Waals surface area contributed by atoms with Crippen LogP contribution in [0.5, 0.6) is 5.75 Å². The van der Waals surface area contributed by atoms with E-state index < -0.39 is 5.72 Å². The Morgan fingerprint density at radius 3 is 2.61 bits per heavy atom. The molecule has 0 spiro atoms. The standard InChI is InChI=1S/C19H20N2O2/c1-12-8-13(2)10-14(9-12)21-18(22)20-16-11-19(21,3)23-17-7-5-4-6-15(16)17/h4-10,16H,11H2,1-3H3,(H,20,22)/t16-,19+/m0/s1. The number of nitrogens with one attached hydrogen (secondary N) is 1. The molecule has 2 aromatic rings. The normalized spacial score (nSPS) is 25.4. The molecule has 0 saturated carbocycles. The Labute approximate surface area is 136 Å². The number of amides is 2. The van der Waals surface area contributed by atoms with Crippen molar-refractivity contribution in [3.63, 3.8) is 0 Å². The highest BCUT2D eigenvalue weighted by atomic mass is 16.5. The number of para-hydroxylation sites is 1. The quantitative estimate of drug-likeness (QED) is 0.862. The summed E-state index contributed by atoms with van der Waals surface area (Å²) >= 11 is 0. The molecule has 0 aliphatic carbocycles. The summed E-state index contributed by atoms with van der Waals surface area (Å²) in [6, 6.07) is 14.0. The molecule has 23 heavy (non-hydrogen) atoms. The second-order valence-electron chi connectivity index (χ2n) is 6.70. The third-order valence-electron chi connectivity index (χ3n) is 4.65. The second kappa shape index (κ2) is 4.75. The molecular weight excluding hydrogens is 288 g/mol. The summed E-state index contributed by atoms with van der Waals surface area (Å²) < 4.78 is 6.27. The number of nitrogens with zero attached hydrogens (tertiary/aromatic N) is 1. The molecule has 4 rings (SSSR count). The molecule has 4 heteroatoms. The number of hydrogen-bond acceptors (Lipinski definition) is 2. The first-order valence-corrected chi connectivity index (χ1v) is 7.93. The number of carbonyl (C=O) groups excluding carboxylic acids is 1. The maximum Gasteiger partial charge on any atom is 0.325 e. The summed E-state index contributed by atoms with van der Waals surface area (Å²) in [5.74, 6) is 0.848. The van der Waals surface area contributed by atoms with Crippen LogP contribution in [0.2, 0.25) is 0 Å². The summed E-state index contributed by atoms with van der Waals surface area (Å²) in [5.41, 5.74) is 3.52. The SMILES string of the molecule is Cc1cc(C)cc(N2C(=O)N[C@H]3C[C@@]2(C)Oc2ccccc23)c1. The van der Waals surface area contributed by atoms with E-state index in [4.69, 9.17) is 4.74 Å². The van der Waals surface area contributed by atoms with Gasteiger partial charge in [-0.3, -0.25) is 4.90 Å². The number of ether oxygens (including phenoxy) is 1. The van der Waals surface area contributed by atoms with Gasteiger partial charge in [-0.15, -0.1) is 0 Å². The Morgan fingerprint density at radius 1 is 1.17 bits per heavy atom. The molecule has 0 radical (unpaired) electrons. The lowest BCUT2D eigenvalue weighted by molar-refractivity contribution is 0.0379. The molecule has 2 heterocycles. The topological polar surface area (TPSA) is 41.6 Å². The van der Waals surface area contributed by atoms with Gasteiger partial charge in [-0.05, 0) is 50.1 Å². The molecule has 1 fully saturated rings. The lowest BCUT2D eigenvalue weighted by atomic mass is 9.90. The van der Waals surface area contributed by atoms with E-state index in [0.717, 1.165) is 34.5 Å². The number of anilines is 1. The minimum atomic E-state index is -0.679. The minimum Gasteiger partial charge on any atom is -0.467 e. The highest BCUT2D eigenvalue weighted by Crippen LogP contribution is 2.45. The highest BCUT2D eigenvalue weighted by Gasteiger charge is 2.49. The monoisotopic (exact) mass is 308 g/mol. The van der Waals surface area contributed by atoms with Crippen molar-refractivity contribution in [1.29, 1.82) is 0 Å². The molecule has 118 valence electrons. The lowest BCUT2D eigenvalue weighted by Gasteiger charge is -2.50. The number of carbonyl (C=O) groups is 1. The van der Waals surface area contributed by atoms with Gasteiger partial charge in [0.15, 0.2) is 5.72 Å². The third-order valence-corrected chi connectivity index (χ3v) is 4.65. The average Bonchev–Trinajstić information content (AvgIpc) is 2.45. The van der Waals surface area contributed by atoms with Crippen LogP contribution in [0, 0.1) is 13.8 Å². The zero-order valence-corrected chi connectivity index (χ0v) is 13.6. The van der Waals surface area contributed by atoms with Gasteiger partial charge in [0.2, 0.25) is 0 Å². The number of urea groups is 1. The molecular formula is C19H20N2O2. The Morgan fingerprint density at radius 2 is 1.87 bits per heavy atom. The van der Waals surface area contributed by atoms with Crippen LogP contribution in [-0.2, 0) is 0 Å². The number of fused-ring (bicyclic) bond motifs is 4. The average molecular weight is 308 g/mol. The van der Waals surface area contributed by atoms with Crippen molar-refractivity contribution >= 4 is 11.7 Å². The van der Waals surface area contributed by atoms with E-state index in [2.05, 4.69) is 11.4 Å². The number of benzene rings is 2. The predicted molar refractivity (Wildman–Crippen MR) is 89.8 cm³/mol. The maximum atomic E-state index is 12.8. The van der Waals surface area contributed by atoms with Crippen molar-refractivity contribution in [1.82, 2.24) is 5.32 Å². The van der Waals surface area contributed by atoms with Gasteiger partial charge in [-0.2, -0.15) is 0 Å². The third kappa shape index (κ3) is 2.17. The molecule has 2 amide bonds. The van der Waals surface area contributed by atoms with Crippen LogP contribution in [0.4, 0.5) is 10.5 Å². The fraction of sp³-hybridized carbons (Fsp3) is 0.316.